The van der Waals surface area contributed by atoms with Crippen LogP contribution in [0.4, 0.5) is 5.69 Å². The third kappa shape index (κ3) is 4.81. The zero-order valence-electron chi connectivity index (χ0n) is 15.2. The molecule has 0 fully saturated rings. The highest BCUT2D eigenvalue weighted by atomic mass is 32.1. The van der Waals surface area contributed by atoms with Crippen molar-refractivity contribution in [2.75, 3.05) is 12.4 Å². The summed E-state index contributed by atoms with van der Waals surface area (Å²) in [5.41, 5.74) is 1.35. The molecule has 0 aliphatic heterocycles. The second-order valence-electron chi connectivity index (χ2n) is 5.71. The molecule has 9 heteroatoms. The van der Waals surface area contributed by atoms with Crippen molar-refractivity contribution < 1.29 is 19.1 Å². The first-order valence-electron chi connectivity index (χ1n) is 8.24. The highest BCUT2D eigenvalue weighted by molar-refractivity contribution is 7.16. The van der Waals surface area contributed by atoms with Crippen LogP contribution < -0.4 is 10.1 Å². The monoisotopic (exact) mass is 415 g/mol. The summed E-state index contributed by atoms with van der Waals surface area (Å²) < 4.78 is 7.16. The molecule has 3 aromatic rings. The largest absolute Gasteiger partial charge is 0.468 e. The van der Waals surface area contributed by atoms with Gasteiger partial charge in [0.1, 0.15) is 6.54 Å². The van der Waals surface area contributed by atoms with Crippen LogP contribution in [0.5, 0.6) is 0 Å². The van der Waals surface area contributed by atoms with Gasteiger partial charge >= 0.3 is 5.97 Å². The summed E-state index contributed by atoms with van der Waals surface area (Å²) in [7, 11) is 1.30. The molecular formula is C19H17N3O4S2. The third-order valence-corrected chi connectivity index (χ3v) is 5.54. The fraction of sp³-hybridized carbons (Fsp3) is 0.158. The van der Waals surface area contributed by atoms with Crippen molar-refractivity contribution in [2.24, 2.45) is 4.99 Å². The van der Waals surface area contributed by atoms with Crippen molar-refractivity contribution in [3.8, 4) is 0 Å². The Bertz CT molecular complexity index is 1120. The summed E-state index contributed by atoms with van der Waals surface area (Å²) >= 11 is 2.77. The van der Waals surface area contributed by atoms with E-state index in [-0.39, 0.29) is 12.5 Å². The summed E-state index contributed by atoms with van der Waals surface area (Å²) in [5.74, 6) is -1.06. The molecule has 0 unspecified atom stereocenters. The number of benzene rings is 1. The van der Waals surface area contributed by atoms with E-state index < -0.39 is 11.9 Å². The van der Waals surface area contributed by atoms with Crippen molar-refractivity contribution in [1.82, 2.24) is 4.57 Å². The van der Waals surface area contributed by atoms with Crippen molar-refractivity contribution >= 4 is 62.4 Å². The molecule has 0 aliphatic carbocycles. The molecule has 7 nitrogen and oxygen atoms in total. The quantitative estimate of drug-likeness (QED) is 0.512. The Morgan fingerprint density at radius 1 is 1.29 bits per heavy atom. The SMILES string of the molecule is COC(=O)Cn1c(=NC(=O)C=Cc2cccs2)sc2cc(NC(C)=O)ccc21. The zero-order chi connectivity index (χ0) is 20.1. The second-order valence-corrected chi connectivity index (χ2v) is 7.70. The first-order valence-corrected chi connectivity index (χ1v) is 9.94. The maximum atomic E-state index is 12.3. The normalized spacial score (nSPS) is 11.9. The van der Waals surface area contributed by atoms with Crippen LogP contribution in [0.3, 0.4) is 0 Å². The van der Waals surface area contributed by atoms with Gasteiger partial charge in [-0.3, -0.25) is 14.4 Å². The Balaban J connectivity index is 2.02. The molecule has 0 saturated carbocycles. The Morgan fingerprint density at radius 3 is 2.79 bits per heavy atom. The number of nitrogens with zero attached hydrogens (tertiary/aromatic N) is 2. The molecule has 0 atom stereocenters. The second kappa shape index (κ2) is 8.77. The number of amides is 2. The van der Waals surface area contributed by atoms with E-state index in [1.165, 1.54) is 42.8 Å². The van der Waals surface area contributed by atoms with Gasteiger partial charge < -0.3 is 14.6 Å². The van der Waals surface area contributed by atoms with Crippen LogP contribution in [0.2, 0.25) is 0 Å². The molecule has 2 heterocycles. The van der Waals surface area contributed by atoms with E-state index in [1.54, 1.807) is 28.8 Å². The van der Waals surface area contributed by atoms with Crippen LogP contribution in [0, 0.1) is 0 Å². The number of methoxy groups -OCH3 is 1. The molecule has 28 heavy (non-hydrogen) atoms. The van der Waals surface area contributed by atoms with E-state index in [1.807, 2.05) is 17.5 Å². The van der Waals surface area contributed by atoms with E-state index in [4.69, 9.17) is 4.74 Å². The van der Waals surface area contributed by atoms with Crippen LogP contribution in [-0.2, 0) is 25.7 Å². The fourth-order valence-electron chi connectivity index (χ4n) is 2.46. The van der Waals surface area contributed by atoms with E-state index in [0.717, 1.165) is 15.1 Å². The van der Waals surface area contributed by atoms with Gasteiger partial charge in [0.2, 0.25) is 5.91 Å². The number of hydrogen-bond acceptors (Lipinski definition) is 6. The lowest BCUT2D eigenvalue weighted by Crippen LogP contribution is -2.22. The standard InChI is InChI=1S/C19H17N3O4S2/c1-12(23)20-13-5-7-15-16(10-13)28-19(22(15)11-18(25)26-2)21-17(24)8-6-14-4-3-9-27-14/h3-10H,11H2,1-2H3,(H,20,23). The summed E-state index contributed by atoms with van der Waals surface area (Å²) in [6.07, 6.45) is 3.09. The minimum absolute atomic E-state index is 0.0727. The minimum atomic E-state index is -0.450. The third-order valence-electron chi connectivity index (χ3n) is 3.66. The minimum Gasteiger partial charge on any atom is -0.468 e. The lowest BCUT2D eigenvalue weighted by atomic mass is 10.3. The lowest BCUT2D eigenvalue weighted by Gasteiger charge is -2.05. The molecule has 3 rings (SSSR count). The van der Waals surface area contributed by atoms with Gasteiger partial charge in [0.15, 0.2) is 4.80 Å². The van der Waals surface area contributed by atoms with Crippen LogP contribution in [0.15, 0.2) is 46.8 Å². The molecule has 1 aromatic carbocycles. The number of rotatable bonds is 5. The zero-order valence-corrected chi connectivity index (χ0v) is 16.8. The average Bonchev–Trinajstić information content (AvgIpc) is 3.27. The maximum absolute atomic E-state index is 12.3. The van der Waals surface area contributed by atoms with Gasteiger partial charge in [-0.05, 0) is 35.7 Å². The predicted octanol–water partition coefficient (Wildman–Crippen LogP) is 3.04. The molecule has 2 amide bonds. The number of anilines is 1. The van der Waals surface area contributed by atoms with Crippen LogP contribution >= 0.6 is 22.7 Å². The van der Waals surface area contributed by atoms with Crippen LogP contribution in [0.1, 0.15) is 11.8 Å². The number of ether oxygens (including phenoxy) is 1. The van der Waals surface area contributed by atoms with Gasteiger partial charge in [-0.1, -0.05) is 17.4 Å². The van der Waals surface area contributed by atoms with Crippen molar-refractivity contribution in [2.45, 2.75) is 13.5 Å². The van der Waals surface area contributed by atoms with Crippen LogP contribution in [-0.4, -0.2) is 29.5 Å². The van der Waals surface area contributed by atoms with Crippen molar-refractivity contribution in [3.05, 3.63) is 51.5 Å². The van der Waals surface area contributed by atoms with Gasteiger partial charge in [0.05, 0.1) is 17.3 Å². The number of esters is 1. The van der Waals surface area contributed by atoms with Crippen molar-refractivity contribution in [3.63, 3.8) is 0 Å². The molecule has 1 N–H and O–H groups in total. The van der Waals surface area contributed by atoms with E-state index in [9.17, 15) is 14.4 Å². The highest BCUT2D eigenvalue weighted by Crippen LogP contribution is 2.22. The molecule has 0 radical (unpaired) electrons. The Hall–Kier alpha value is -3.04. The first-order chi connectivity index (χ1) is 13.5. The molecule has 0 bridgehead atoms. The van der Waals surface area contributed by atoms with E-state index in [0.29, 0.717) is 10.5 Å². The number of hydrogen-bond donors (Lipinski definition) is 1. The summed E-state index contributed by atoms with van der Waals surface area (Å²) in [4.78, 5) is 40.8. The molecule has 0 aliphatic rings. The molecule has 0 saturated heterocycles. The smallest absolute Gasteiger partial charge is 0.325 e. The van der Waals surface area contributed by atoms with Gasteiger partial charge in [0, 0.05) is 23.6 Å². The molecular weight excluding hydrogens is 398 g/mol. The number of thiazole rings is 1. The van der Waals surface area contributed by atoms with E-state index in [2.05, 4.69) is 10.3 Å². The Kier molecular flexibility index (Phi) is 6.17. The molecule has 0 spiro atoms. The van der Waals surface area contributed by atoms with Gasteiger partial charge in [-0.2, -0.15) is 4.99 Å². The topological polar surface area (TPSA) is 89.8 Å². The van der Waals surface area contributed by atoms with Gasteiger partial charge in [-0.25, -0.2) is 0 Å². The Morgan fingerprint density at radius 2 is 2.11 bits per heavy atom. The number of nitrogens with one attached hydrogen (secondary N) is 1. The van der Waals surface area contributed by atoms with Crippen molar-refractivity contribution in [1.29, 1.82) is 0 Å². The molecule has 144 valence electrons. The molecule has 2 aromatic heterocycles. The number of thiophene rings is 1. The lowest BCUT2D eigenvalue weighted by molar-refractivity contribution is -0.141. The predicted molar refractivity (Wildman–Crippen MR) is 110 cm³/mol. The van der Waals surface area contributed by atoms with Crippen LogP contribution in [0.25, 0.3) is 16.3 Å². The highest BCUT2D eigenvalue weighted by Gasteiger charge is 2.12. The number of fused-ring (bicyclic) bond motifs is 1. The fourth-order valence-corrected chi connectivity index (χ4v) is 4.15. The summed E-state index contributed by atoms with van der Waals surface area (Å²) in [6, 6.07) is 9.07. The summed E-state index contributed by atoms with van der Waals surface area (Å²) in [5, 5.41) is 4.63. The Labute approximate surface area is 168 Å². The number of carbonyl (C=O) groups excluding carboxylic acids is 3. The first kappa shape index (κ1) is 19.7. The van der Waals surface area contributed by atoms with E-state index >= 15 is 0 Å². The maximum Gasteiger partial charge on any atom is 0.325 e. The average molecular weight is 415 g/mol. The number of aromatic nitrogens is 1. The van der Waals surface area contributed by atoms with Gasteiger partial charge in [0.25, 0.3) is 5.91 Å². The summed E-state index contributed by atoms with van der Waals surface area (Å²) in [6.45, 7) is 1.35. The van der Waals surface area contributed by atoms with Gasteiger partial charge in [-0.15, -0.1) is 11.3 Å². The number of carbonyl (C=O) groups is 3.